The van der Waals surface area contributed by atoms with Gasteiger partial charge < -0.3 is 10.1 Å². The highest BCUT2D eigenvalue weighted by atomic mass is 79.9. The van der Waals surface area contributed by atoms with Gasteiger partial charge in [0.2, 0.25) is 0 Å². The Labute approximate surface area is 94.5 Å². The molecule has 7 heteroatoms. The number of carbonyl (C=O) groups excluding carboxylic acids is 1. The van der Waals surface area contributed by atoms with Gasteiger partial charge in [0.05, 0.1) is 11.3 Å². The molecule has 0 aliphatic heterocycles. The summed E-state index contributed by atoms with van der Waals surface area (Å²) in [5.41, 5.74) is 0. The van der Waals surface area contributed by atoms with Crippen LogP contribution in [0.2, 0.25) is 0 Å². The van der Waals surface area contributed by atoms with Crippen LogP contribution in [0.4, 0.5) is 5.82 Å². The van der Waals surface area contributed by atoms with E-state index in [9.17, 15) is 14.9 Å². The second-order valence-corrected chi connectivity index (χ2v) is 3.90. The molecule has 82 valence electrons. The van der Waals surface area contributed by atoms with E-state index < -0.39 is 4.92 Å². The fourth-order valence-corrected chi connectivity index (χ4v) is 1.59. The molecule has 0 N–H and O–H groups in total. The fraction of sp³-hybridized carbons (Fsp3) is 0.500. The summed E-state index contributed by atoms with van der Waals surface area (Å²) in [5, 5.41) is 14.1. The summed E-state index contributed by atoms with van der Waals surface area (Å²) in [6.07, 6.45) is 2.67. The maximum Gasteiger partial charge on any atom is 0.404 e. The number of nitro groups is 1. The van der Waals surface area contributed by atoms with Gasteiger partial charge in [0.15, 0.2) is 5.78 Å². The highest BCUT2D eigenvalue weighted by Gasteiger charge is 2.19. The molecular formula is C8H10BrN3O3. The van der Waals surface area contributed by atoms with Crippen LogP contribution in [-0.2, 0) is 11.3 Å². The Bertz CT molecular complexity index is 388. The molecule has 0 atom stereocenters. The molecule has 0 aromatic carbocycles. The van der Waals surface area contributed by atoms with Crippen molar-refractivity contribution < 1.29 is 9.72 Å². The van der Waals surface area contributed by atoms with E-state index in [2.05, 4.69) is 21.0 Å². The Morgan fingerprint density at radius 2 is 2.40 bits per heavy atom. The van der Waals surface area contributed by atoms with Gasteiger partial charge in [0.25, 0.3) is 0 Å². The van der Waals surface area contributed by atoms with E-state index in [1.807, 2.05) is 6.92 Å². The molecule has 0 unspecified atom stereocenters. The fourth-order valence-electron chi connectivity index (χ4n) is 1.13. The number of aromatic nitrogens is 2. The molecule has 6 nitrogen and oxygen atoms in total. The molecule has 1 aromatic heterocycles. The smallest absolute Gasteiger partial charge is 0.358 e. The van der Waals surface area contributed by atoms with Gasteiger partial charge in [-0.2, -0.15) is 4.68 Å². The predicted molar refractivity (Wildman–Crippen MR) is 56.5 cm³/mol. The second kappa shape index (κ2) is 5.01. The van der Waals surface area contributed by atoms with Crippen molar-refractivity contribution in [2.75, 3.05) is 0 Å². The molecule has 1 rings (SSSR count). The zero-order chi connectivity index (χ0) is 11.4. The largest absolute Gasteiger partial charge is 0.404 e. The van der Waals surface area contributed by atoms with Crippen LogP contribution in [0.25, 0.3) is 0 Å². The van der Waals surface area contributed by atoms with Gasteiger partial charge in [-0.15, -0.1) is 0 Å². The standard InChI is InChI=1S/C8H10BrN3O3/c1-2-3-6(13)4-11-5-7(9)8(10-11)12(14)15/h5H,2-4H2,1H3. The van der Waals surface area contributed by atoms with E-state index in [-0.39, 0.29) is 22.6 Å². The number of hydrogen-bond donors (Lipinski definition) is 0. The lowest BCUT2D eigenvalue weighted by molar-refractivity contribution is -0.390. The Balaban J connectivity index is 2.75. The van der Waals surface area contributed by atoms with Gasteiger partial charge in [0.1, 0.15) is 11.0 Å². The Morgan fingerprint density at radius 3 is 2.87 bits per heavy atom. The minimum Gasteiger partial charge on any atom is -0.358 e. The number of hydrogen-bond acceptors (Lipinski definition) is 4. The molecule has 0 fully saturated rings. The maximum atomic E-state index is 11.3. The predicted octanol–water partition coefficient (Wildman–Crippen LogP) is 1.92. The van der Waals surface area contributed by atoms with Crippen molar-refractivity contribution in [3.8, 4) is 0 Å². The molecule has 0 amide bonds. The molecule has 0 spiro atoms. The molecule has 1 heterocycles. The number of halogens is 1. The van der Waals surface area contributed by atoms with E-state index in [1.54, 1.807) is 0 Å². The van der Waals surface area contributed by atoms with Crippen LogP contribution in [-0.4, -0.2) is 20.5 Å². The van der Waals surface area contributed by atoms with Crippen molar-refractivity contribution in [2.24, 2.45) is 0 Å². The van der Waals surface area contributed by atoms with E-state index in [0.29, 0.717) is 6.42 Å². The lowest BCUT2D eigenvalue weighted by Crippen LogP contribution is -2.10. The quantitative estimate of drug-likeness (QED) is 0.608. The van der Waals surface area contributed by atoms with Crippen LogP contribution in [0.15, 0.2) is 10.7 Å². The van der Waals surface area contributed by atoms with Gasteiger partial charge in [-0.3, -0.25) is 4.79 Å². The summed E-state index contributed by atoms with van der Waals surface area (Å²) in [4.78, 5) is 21.1. The Kier molecular flexibility index (Phi) is 3.96. The number of nitrogens with zero attached hydrogens (tertiary/aromatic N) is 3. The third-order valence-electron chi connectivity index (χ3n) is 1.74. The summed E-state index contributed by atoms with van der Waals surface area (Å²) in [6.45, 7) is 1.99. The number of ketones is 1. The average Bonchev–Trinajstić information content (AvgIpc) is 2.47. The first kappa shape index (κ1) is 11.8. The van der Waals surface area contributed by atoms with Crippen LogP contribution in [0.1, 0.15) is 19.8 Å². The molecule has 0 saturated carbocycles. The third-order valence-corrected chi connectivity index (χ3v) is 2.30. The van der Waals surface area contributed by atoms with Crippen LogP contribution >= 0.6 is 15.9 Å². The average molecular weight is 276 g/mol. The Hall–Kier alpha value is -1.24. The molecule has 0 radical (unpaired) electrons. The van der Waals surface area contributed by atoms with E-state index in [1.165, 1.54) is 10.9 Å². The molecular weight excluding hydrogens is 266 g/mol. The molecule has 0 saturated heterocycles. The van der Waals surface area contributed by atoms with Gasteiger partial charge in [-0.25, -0.2) is 0 Å². The van der Waals surface area contributed by atoms with Crippen molar-refractivity contribution in [1.29, 1.82) is 0 Å². The highest BCUT2D eigenvalue weighted by Crippen LogP contribution is 2.21. The lowest BCUT2D eigenvalue weighted by Gasteiger charge is -1.94. The zero-order valence-electron chi connectivity index (χ0n) is 8.14. The summed E-state index contributed by atoms with van der Waals surface area (Å²) in [5.74, 6) is -0.248. The summed E-state index contributed by atoms with van der Waals surface area (Å²) in [7, 11) is 0. The van der Waals surface area contributed by atoms with Gasteiger partial charge in [-0.1, -0.05) is 6.92 Å². The van der Waals surface area contributed by atoms with Crippen molar-refractivity contribution in [3.05, 3.63) is 20.8 Å². The van der Waals surface area contributed by atoms with Crippen molar-refractivity contribution >= 4 is 27.5 Å². The topological polar surface area (TPSA) is 78.0 Å². The maximum absolute atomic E-state index is 11.3. The Morgan fingerprint density at radius 1 is 1.73 bits per heavy atom. The lowest BCUT2D eigenvalue weighted by atomic mass is 10.2. The van der Waals surface area contributed by atoms with Crippen molar-refractivity contribution in [1.82, 2.24) is 9.78 Å². The van der Waals surface area contributed by atoms with E-state index in [4.69, 9.17) is 0 Å². The summed E-state index contributed by atoms with van der Waals surface area (Å²) in [6, 6.07) is 0. The van der Waals surface area contributed by atoms with Gasteiger partial charge >= 0.3 is 5.82 Å². The first-order chi connectivity index (χ1) is 7.04. The minimum absolute atomic E-state index is 0.0161. The van der Waals surface area contributed by atoms with Gasteiger partial charge in [0, 0.05) is 6.42 Å². The number of carbonyl (C=O) groups is 1. The first-order valence-electron chi connectivity index (χ1n) is 4.43. The molecule has 0 aliphatic rings. The SMILES string of the molecule is CCCC(=O)Cn1cc(Br)c([N+](=O)[O-])n1. The molecule has 0 aliphatic carbocycles. The van der Waals surface area contributed by atoms with Crippen LogP contribution in [0.5, 0.6) is 0 Å². The molecule has 15 heavy (non-hydrogen) atoms. The minimum atomic E-state index is -0.592. The molecule has 0 bridgehead atoms. The third kappa shape index (κ3) is 3.12. The van der Waals surface area contributed by atoms with Crippen LogP contribution in [0, 0.1) is 10.1 Å². The van der Waals surface area contributed by atoms with Crippen LogP contribution in [0.3, 0.4) is 0 Å². The van der Waals surface area contributed by atoms with Gasteiger partial charge in [-0.05, 0) is 27.3 Å². The first-order valence-corrected chi connectivity index (χ1v) is 5.23. The second-order valence-electron chi connectivity index (χ2n) is 3.04. The highest BCUT2D eigenvalue weighted by molar-refractivity contribution is 9.10. The zero-order valence-corrected chi connectivity index (χ0v) is 9.73. The van der Waals surface area contributed by atoms with E-state index in [0.717, 1.165) is 6.42 Å². The molecule has 1 aromatic rings. The summed E-state index contributed by atoms with van der Waals surface area (Å²) >= 11 is 3.01. The van der Waals surface area contributed by atoms with Crippen molar-refractivity contribution in [3.63, 3.8) is 0 Å². The van der Waals surface area contributed by atoms with Crippen LogP contribution < -0.4 is 0 Å². The summed E-state index contributed by atoms with van der Waals surface area (Å²) < 4.78 is 1.57. The number of rotatable bonds is 5. The van der Waals surface area contributed by atoms with E-state index >= 15 is 0 Å². The monoisotopic (exact) mass is 275 g/mol. The number of Topliss-reactive ketones (excluding diaryl/α,β-unsaturated/α-hetero) is 1. The van der Waals surface area contributed by atoms with Crippen molar-refractivity contribution in [2.45, 2.75) is 26.3 Å². The normalized spacial score (nSPS) is 10.3.